The van der Waals surface area contributed by atoms with Gasteiger partial charge in [0.25, 0.3) is 5.91 Å². The summed E-state index contributed by atoms with van der Waals surface area (Å²) in [5, 5.41) is 0.446. The third-order valence-electron chi connectivity index (χ3n) is 4.96. The second-order valence-electron chi connectivity index (χ2n) is 9.25. The number of carbonyl (C=O) groups is 1. The van der Waals surface area contributed by atoms with Gasteiger partial charge in [-0.3, -0.25) is 14.8 Å². The van der Waals surface area contributed by atoms with Crippen molar-refractivity contribution in [2.24, 2.45) is 5.41 Å². The van der Waals surface area contributed by atoms with Crippen LogP contribution in [0, 0.1) is 12.3 Å². The van der Waals surface area contributed by atoms with Crippen molar-refractivity contribution >= 4 is 17.5 Å². The Hall–Kier alpha value is -2.87. The minimum atomic E-state index is -4.68. The van der Waals surface area contributed by atoms with Gasteiger partial charge in [0.1, 0.15) is 11.4 Å². The smallest absolute Gasteiger partial charge is 0.340 e. The van der Waals surface area contributed by atoms with E-state index in [0.29, 0.717) is 28.5 Å². The van der Waals surface area contributed by atoms with Crippen LogP contribution >= 0.6 is 11.6 Å². The van der Waals surface area contributed by atoms with Crippen LogP contribution in [0.4, 0.5) is 13.2 Å². The summed E-state index contributed by atoms with van der Waals surface area (Å²) in [7, 11) is 1.59. The molecule has 0 atom stereocenters. The molecule has 1 amide bonds. The monoisotopic (exact) mass is 478 g/mol. The van der Waals surface area contributed by atoms with Crippen LogP contribution in [0.5, 0.6) is 0 Å². The van der Waals surface area contributed by atoms with Crippen molar-refractivity contribution in [1.82, 2.24) is 19.4 Å². The van der Waals surface area contributed by atoms with Crippen LogP contribution in [-0.2, 0) is 12.7 Å². The van der Waals surface area contributed by atoms with Gasteiger partial charge in [0.2, 0.25) is 0 Å². The summed E-state index contributed by atoms with van der Waals surface area (Å²) in [6.45, 7) is 7.72. The van der Waals surface area contributed by atoms with Crippen LogP contribution in [0.2, 0.25) is 5.02 Å². The average Bonchev–Trinajstić information content (AvgIpc) is 3.08. The van der Waals surface area contributed by atoms with Crippen molar-refractivity contribution < 1.29 is 18.0 Å². The van der Waals surface area contributed by atoms with Gasteiger partial charge in [-0.15, -0.1) is 0 Å². The number of carbonyl (C=O) groups excluding carboxylic acids is 1. The zero-order chi connectivity index (χ0) is 24.6. The van der Waals surface area contributed by atoms with Crippen LogP contribution in [0.1, 0.15) is 48.3 Å². The Morgan fingerprint density at radius 1 is 1.09 bits per heavy atom. The van der Waals surface area contributed by atoms with Gasteiger partial charge in [-0.25, -0.2) is 0 Å². The molecule has 5 nitrogen and oxygen atoms in total. The lowest BCUT2D eigenvalue weighted by atomic mass is 9.96. The fraction of sp³-hybridized carbons (Fsp3) is 0.375. The SMILES string of the molecule is Cc1cnc(Cn2c(C(F)(F)F)cc(-c3ccc(Cl)cc3)c2C(=O)N(C)CC(C)(C)C)cn1. The summed E-state index contributed by atoms with van der Waals surface area (Å²) in [6, 6.07) is 7.39. The molecule has 0 fully saturated rings. The molecule has 9 heteroatoms. The zero-order valence-corrected chi connectivity index (χ0v) is 19.9. The number of alkyl halides is 3. The normalized spacial score (nSPS) is 12.2. The van der Waals surface area contributed by atoms with Gasteiger partial charge in [-0.1, -0.05) is 44.5 Å². The van der Waals surface area contributed by atoms with Crippen molar-refractivity contribution in [3.63, 3.8) is 0 Å². The number of amides is 1. The van der Waals surface area contributed by atoms with E-state index in [1.54, 1.807) is 38.2 Å². The van der Waals surface area contributed by atoms with Crippen LogP contribution in [0.15, 0.2) is 42.7 Å². The molecule has 0 aliphatic heterocycles. The molecule has 2 heterocycles. The van der Waals surface area contributed by atoms with Crippen molar-refractivity contribution in [2.75, 3.05) is 13.6 Å². The lowest BCUT2D eigenvalue weighted by Crippen LogP contribution is -2.36. The minimum absolute atomic E-state index is 0.0567. The van der Waals surface area contributed by atoms with Crippen LogP contribution in [0.3, 0.4) is 0 Å². The van der Waals surface area contributed by atoms with E-state index in [0.717, 1.165) is 10.6 Å². The average molecular weight is 479 g/mol. The predicted octanol–water partition coefficient (Wildman–Crippen LogP) is 6.09. The van der Waals surface area contributed by atoms with Crippen molar-refractivity contribution in [3.05, 3.63) is 70.5 Å². The summed E-state index contributed by atoms with van der Waals surface area (Å²) in [4.78, 5) is 23.3. The van der Waals surface area contributed by atoms with E-state index in [1.807, 2.05) is 20.8 Å². The molecule has 1 aromatic carbocycles. The summed E-state index contributed by atoms with van der Waals surface area (Å²) >= 11 is 5.98. The summed E-state index contributed by atoms with van der Waals surface area (Å²) in [5.41, 5.74) is 0.386. The molecule has 0 spiro atoms. The van der Waals surface area contributed by atoms with Gasteiger partial charge >= 0.3 is 6.18 Å². The van der Waals surface area contributed by atoms with Crippen LogP contribution in [0.25, 0.3) is 11.1 Å². The van der Waals surface area contributed by atoms with Gasteiger partial charge in [0.15, 0.2) is 0 Å². The van der Waals surface area contributed by atoms with Crippen LogP contribution in [-0.4, -0.2) is 38.9 Å². The molecule has 0 N–H and O–H groups in total. The fourth-order valence-corrected chi connectivity index (χ4v) is 3.78. The first-order chi connectivity index (χ1) is 15.3. The highest BCUT2D eigenvalue weighted by Gasteiger charge is 2.39. The molecular formula is C24H26ClF3N4O. The third kappa shape index (κ3) is 5.93. The Labute approximate surface area is 196 Å². The highest BCUT2D eigenvalue weighted by Crippen LogP contribution is 2.38. The number of hydrogen-bond donors (Lipinski definition) is 0. The van der Waals surface area contributed by atoms with E-state index < -0.39 is 17.8 Å². The lowest BCUT2D eigenvalue weighted by Gasteiger charge is -2.27. The Kier molecular flexibility index (Phi) is 6.88. The van der Waals surface area contributed by atoms with E-state index in [2.05, 4.69) is 9.97 Å². The molecule has 0 unspecified atom stereocenters. The maximum absolute atomic E-state index is 14.1. The van der Waals surface area contributed by atoms with Crippen molar-refractivity contribution in [3.8, 4) is 11.1 Å². The summed E-state index contributed by atoms with van der Waals surface area (Å²) in [5.74, 6) is -0.509. The van der Waals surface area contributed by atoms with Crippen LogP contribution < -0.4 is 0 Å². The second kappa shape index (κ2) is 9.17. The zero-order valence-electron chi connectivity index (χ0n) is 19.2. The quantitative estimate of drug-likeness (QED) is 0.445. The molecule has 0 aliphatic carbocycles. The Bertz CT molecular complexity index is 1130. The first-order valence-electron chi connectivity index (χ1n) is 10.4. The number of hydrogen-bond acceptors (Lipinski definition) is 3. The number of rotatable bonds is 5. The molecule has 2 aromatic heterocycles. The van der Waals surface area contributed by atoms with Gasteiger partial charge < -0.3 is 9.47 Å². The Balaban J connectivity index is 2.24. The number of halogens is 4. The Morgan fingerprint density at radius 3 is 2.24 bits per heavy atom. The molecule has 3 rings (SSSR count). The molecular weight excluding hydrogens is 453 g/mol. The van der Waals surface area contributed by atoms with E-state index in [9.17, 15) is 18.0 Å². The molecule has 33 heavy (non-hydrogen) atoms. The molecule has 176 valence electrons. The van der Waals surface area contributed by atoms with E-state index in [4.69, 9.17) is 11.6 Å². The van der Waals surface area contributed by atoms with E-state index in [-0.39, 0.29) is 23.2 Å². The molecule has 0 bridgehead atoms. The highest BCUT2D eigenvalue weighted by molar-refractivity contribution is 6.30. The largest absolute Gasteiger partial charge is 0.431 e. The van der Waals surface area contributed by atoms with Crippen molar-refractivity contribution in [1.29, 1.82) is 0 Å². The highest BCUT2D eigenvalue weighted by atomic mass is 35.5. The first kappa shape index (κ1) is 24.8. The molecule has 0 aliphatic rings. The van der Waals surface area contributed by atoms with Crippen molar-refractivity contribution in [2.45, 2.75) is 40.4 Å². The number of nitrogens with zero attached hydrogens (tertiary/aromatic N) is 4. The number of aromatic nitrogens is 3. The number of benzene rings is 1. The molecule has 0 saturated heterocycles. The molecule has 3 aromatic rings. The third-order valence-corrected chi connectivity index (χ3v) is 5.21. The second-order valence-corrected chi connectivity index (χ2v) is 9.69. The number of aryl methyl sites for hydroxylation is 1. The van der Waals surface area contributed by atoms with Gasteiger partial charge in [-0.05, 0) is 36.1 Å². The topological polar surface area (TPSA) is 51.0 Å². The molecule has 0 saturated carbocycles. The van der Waals surface area contributed by atoms with Gasteiger partial charge in [0, 0.05) is 30.4 Å². The van der Waals surface area contributed by atoms with E-state index >= 15 is 0 Å². The summed E-state index contributed by atoms with van der Waals surface area (Å²) in [6.07, 6.45) is -1.77. The standard InChI is InChI=1S/C24H26ClF3N4O/c1-15-11-30-18(12-29-15)13-32-20(24(26,27)28)10-19(16-6-8-17(25)9-7-16)21(32)22(33)31(5)14-23(2,3)4/h6-12H,13-14H2,1-5H3. The first-order valence-corrected chi connectivity index (χ1v) is 10.7. The Morgan fingerprint density at radius 2 is 1.73 bits per heavy atom. The van der Waals surface area contributed by atoms with E-state index in [1.165, 1.54) is 17.3 Å². The van der Waals surface area contributed by atoms with Gasteiger partial charge in [-0.2, -0.15) is 13.2 Å². The predicted molar refractivity (Wildman–Crippen MR) is 122 cm³/mol. The summed E-state index contributed by atoms with van der Waals surface area (Å²) < 4.78 is 43.4. The molecule has 0 radical (unpaired) electrons. The maximum atomic E-state index is 14.1. The minimum Gasteiger partial charge on any atom is -0.340 e. The fourth-order valence-electron chi connectivity index (χ4n) is 3.66. The van der Waals surface area contributed by atoms with Gasteiger partial charge in [0.05, 0.1) is 24.1 Å². The maximum Gasteiger partial charge on any atom is 0.431 e. The lowest BCUT2D eigenvalue weighted by molar-refractivity contribution is -0.143.